The zero-order valence-corrected chi connectivity index (χ0v) is 14.3. The highest BCUT2D eigenvalue weighted by Crippen LogP contribution is 2.37. The molecule has 2 fully saturated rings. The monoisotopic (exact) mass is 342 g/mol. The maximum atomic E-state index is 12.9. The third-order valence-electron chi connectivity index (χ3n) is 4.65. The van der Waals surface area contributed by atoms with Gasteiger partial charge in [0.2, 0.25) is 0 Å². The van der Waals surface area contributed by atoms with Crippen molar-refractivity contribution in [2.24, 2.45) is 5.92 Å². The van der Waals surface area contributed by atoms with E-state index in [-0.39, 0.29) is 17.8 Å². The van der Waals surface area contributed by atoms with Crippen LogP contribution in [0.1, 0.15) is 30.9 Å². The lowest BCUT2D eigenvalue weighted by molar-refractivity contribution is -0.167. The van der Waals surface area contributed by atoms with Gasteiger partial charge in [-0.15, -0.1) is 0 Å². The molecular weight excluding hydrogens is 320 g/mol. The van der Waals surface area contributed by atoms with Crippen LogP contribution in [-0.2, 0) is 25.5 Å². The van der Waals surface area contributed by atoms with Crippen molar-refractivity contribution in [1.29, 1.82) is 5.26 Å². The van der Waals surface area contributed by atoms with Gasteiger partial charge in [-0.1, -0.05) is 12.1 Å². The predicted molar refractivity (Wildman–Crippen MR) is 89.5 cm³/mol. The standard InChI is InChI=1S/C19H22N2O4/c1-2-24-19(23)17(15-7-8-15)21-9-10-25-16(18(21)22)11-13-3-5-14(12-20)6-4-13/h3-6,15-17H,2,7-11H2,1H3. The first-order chi connectivity index (χ1) is 12.1. The van der Waals surface area contributed by atoms with Crippen LogP contribution < -0.4 is 0 Å². The van der Waals surface area contributed by atoms with Gasteiger partial charge >= 0.3 is 5.97 Å². The van der Waals surface area contributed by atoms with Gasteiger partial charge in [0, 0.05) is 13.0 Å². The van der Waals surface area contributed by atoms with Crippen LogP contribution in [-0.4, -0.2) is 48.7 Å². The first-order valence-electron chi connectivity index (χ1n) is 8.71. The average molecular weight is 342 g/mol. The minimum atomic E-state index is -0.600. The number of carbonyl (C=O) groups excluding carboxylic acids is 2. The average Bonchev–Trinajstić information content (AvgIpc) is 3.44. The van der Waals surface area contributed by atoms with Gasteiger partial charge in [-0.3, -0.25) is 4.79 Å². The maximum absolute atomic E-state index is 12.9. The van der Waals surface area contributed by atoms with E-state index in [0.29, 0.717) is 31.7 Å². The number of esters is 1. The largest absolute Gasteiger partial charge is 0.464 e. The third-order valence-corrected chi connectivity index (χ3v) is 4.65. The van der Waals surface area contributed by atoms with E-state index < -0.39 is 12.1 Å². The van der Waals surface area contributed by atoms with Crippen LogP contribution in [0.2, 0.25) is 0 Å². The Kier molecular flexibility index (Phi) is 5.34. The van der Waals surface area contributed by atoms with Gasteiger partial charge in [0.15, 0.2) is 0 Å². The molecule has 3 rings (SSSR count). The molecule has 1 aromatic rings. The second kappa shape index (κ2) is 7.66. The molecule has 0 N–H and O–H groups in total. The Morgan fingerprint density at radius 2 is 2.12 bits per heavy atom. The van der Waals surface area contributed by atoms with Crippen LogP contribution in [0.4, 0.5) is 0 Å². The summed E-state index contributed by atoms with van der Waals surface area (Å²) in [4.78, 5) is 26.8. The molecule has 1 aliphatic heterocycles. The topological polar surface area (TPSA) is 79.6 Å². The Balaban J connectivity index is 1.71. The first kappa shape index (κ1) is 17.4. The summed E-state index contributed by atoms with van der Waals surface area (Å²) in [6, 6.07) is 8.71. The van der Waals surface area contributed by atoms with Crippen LogP contribution >= 0.6 is 0 Å². The van der Waals surface area contributed by atoms with Gasteiger partial charge in [-0.25, -0.2) is 4.79 Å². The molecule has 6 nitrogen and oxygen atoms in total. The number of hydrogen-bond donors (Lipinski definition) is 0. The van der Waals surface area contributed by atoms with Crippen LogP contribution in [0.5, 0.6) is 0 Å². The summed E-state index contributed by atoms with van der Waals surface area (Å²) in [5, 5.41) is 8.86. The molecule has 2 atom stereocenters. The molecule has 0 bridgehead atoms. The number of morpholine rings is 1. The predicted octanol–water partition coefficient (Wildman–Crippen LogP) is 1.67. The Bertz CT molecular complexity index is 676. The Morgan fingerprint density at radius 1 is 1.40 bits per heavy atom. The van der Waals surface area contributed by atoms with Crippen LogP contribution in [0.3, 0.4) is 0 Å². The number of hydrogen-bond acceptors (Lipinski definition) is 5. The Morgan fingerprint density at radius 3 is 2.72 bits per heavy atom. The highest BCUT2D eigenvalue weighted by atomic mass is 16.5. The quantitative estimate of drug-likeness (QED) is 0.735. The zero-order chi connectivity index (χ0) is 17.8. The second-order valence-corrected chi connectivity index (χ2v) is 6.44. The van der Waals surface area contributed by atoms with Crippen molar-refractivity contribution in [3.05, 3.63) is 35.4 Å². The number of carbonyl (C=O) groups is 2. The number of amides is 1. The van der Waals surface area contributed by atoms with Crippen LogP contribution in [0, 0.1) is 17.2 Å². The van der Waals surface area contributed by atoms with Crippen molar-refractivity contribution in [1.82, 2.24) is 4.90 Å². The molecule has 0 aromatic heterocycles. The fraction of sp³-hybridized carbons (Fsp3) is 0.526. The van der Waals surface area contributed by atoms with Crippen molar-refractivity contribution in [2.75, 3.05) is 19.8 Å². The molecule has 6 heteroatoms. The highest BCUT2D eigenvalue weighted by Gasteiger charge is 2.45. The summed E-state index contributed by atoms with van der Waals surface area (Å²) in [7, 11) is 0. The molecule has 1 amide bonds. The van der Waals surface area contributed by atoms with Gasteiger partial charge in [0.25, 0.3) is 5.91 Å². The molecule has 2 unspecified atom stereocenters. The highest BCUT2D eigenvalue weighted by molar-refractivity contribution is 5.88. The number of benzene rings is 1. The molecule has 1 saturated heterocycles. The molecule has 2 aliphatic rings. The maximum Gasteiger partial charge on any atom is 0.329 e. The van der Waals surface area contributed by atoms with Crippen LogP contribution in [0.15, 0.2) is 24.3 Å². The molecule has 1 heterocycles. The number of nitriles is 1. The Hall–Kier alpha value is -2.39. The van der Waals surface area contributed by atoms with E-state index in [4.69, 9.17) is 14.7 Å². The van der Waals surface area contributed by atoms with Gasteiger partial charge in [-0.05, 0) is 43.4 Å². The normalized spacial score (nSPS) is 21.5. The summed E-state index contributed by atoms with van der Waals surface area (Å²) in [5.74, 6) is -0.255. The van der Waals surface area contributed by atoms with E-state index in [1.54, 1.807) is 24.0 Å². The number of rotatable bonds is 6. The molecule has 25 heavy (non-hydrogen) atoms. The third kappa shape index (κ3) is 3.99. The van der Waals surface area contributed by atoms with Crippen molar-refractivity contribution < 1.29 is 19.1 Å². The van der Waals surface area contributed by atoms with E-state index >= 15 is 0 Å². The summed E-state index contributed by atoms with van der Waals surface area (Å²) < 4.78 is 10.8. The van der Waals surface area contributed by atoms with E-state index in [0.717, 1.165) is 18.4 Å². The molecule has 1 aliphatic carbocycles. The summed E-state index contributed by atoms with van der Waals surface area (Å²) in [6.07, 6.45) is 1.74. The van der Waals surface area contributed by atoms with Crippen molar-refractivity contribution in [2.45, 2.75) is 38.3 Å². The lowest BCUT2D eigenvalue weighted by atomic mass is 10.0. The minimum Gasteiger partial charge on any atom is -0.464 e. The second-order valence-electron chi connectivity index (χ2n) is 6.44. The van der Waals surface area contributed by atoms with E-state index in [1.807, 2.05) is 12.1 Å². The molecule has 0 radical (unpaired) electrons. The van der Waals surface area contributed by atoms with E-state index in [1.165, 1.54) is 0 Å². The fourth-order valence-electron chi connectivity index (χ4n) is 3.23. The fourth-order valence-corrected chi connectivity index (χ4v) is 3.23. The molecule has 1 saturated carbocycles. The van der Waals surface area contributed by atoms with Crippen molar-refractivity contribution >= 4 is 11.9 Å². The summed E-state index contributed by atoms with van der Waals surface area (Å²) >= 11 is 0. The van der Waals surface area contributed by atoms with Crippen LogP contribution in [0.25, 0.3) is 0 Å². The lowest BCUT2D eigenvalue weighted by Crippen LogP contribution is -2.56. The number of nitrogens with zero attached hydrogens (tertiary/aromatic N) is 2. The lowest BCUT2D eigenvalue weighted by Gasteiger charge is -2.37. The zero-order valence-electron chi connectivity index (χ0n) is 14.3. The molecule has 1 aromatic carbocycles. The van der Waals surface area contributed by atoms with Gasteiger partial charge in [-0.2, -0.15) is 5.26 Å². The van der Waals surface area contributed by atoms with Gasteiger partial charge < -0.3 is 14.4 Å². The number of ether oxygens (including phenoxy) is 2. The van der Waals surface area contributed by atoms with E-state index in [2.05, 4.69) is 6.07 Å². The smallest absolute Gasteiger partial charge is 0.329 e. The van der Waals surface area contributed by atoms with E-state index in [9.17, 15) is 9.59 Å². The van der Waals surface area contributed by atoms with Crippen molar-refractivity contribution in [3.8, 4) is 6.07 Å². The van der Waals surface area contributed by atoms with Gasteiger partial charge in [0.05, 0.1) is 24.8 Å². The SMILES string of the molecule is CCOC(=O)C(C1CC1)N1CCOC(Cc2ccc(C#N)cc2)C1=O. The van der Waals surface area contributed by atoms with Crippen molar-refractivity contribution in [3.63, 3.8) is 0 Å². The first-order valence-corrected chi connectivity index (χ1v) is 8.71. The molecular formula is C19H22N2O4. The molecule has 132 valence electrons. The summed E-state index contributed by atoms with van der Waals surface area (Å²) in [6.45, 7) is 2.92. The minimum absolute atomic E-state index is 0.152. The Labute approximate surface area is 147 Å². The molecule has 0 spiro atoms. The van der Waals surface area contributed by atoms with Gasteiger partial charge in [0.1, 0.15) is 12.1 Å². The summed E-state index contributed by atoms with van der Waals surface area (Å²) in [5.41, 5.74) is 1.51.